The first-order valence-corrected chi connectivity index (χ1v) is 12.8. The molecule has 2 aliphatic rings. The van der Waals surface area contributed by atoms with Gasteiger partial charge in [-0.05, 0) is 51.9 Å². The predicted octanol–water partition coefficient (Wildman–Crippen LogP) is 2.26. The predicted molar refractivity (Wildman–Crippen MR) is 135 cm³/mol. The number of unbranched alkanes of at least 4 members (excludes halogenated alkanes) is 4. The fraction of sp³-hybridized carbons (Fsp3) is 0.615. The van der Waals surface area contributed by atoms with Crippen LogP contribution in [-0.4, -0.2) is 77.5 Å². The van der Waals surface area contributed by atoms with Crippen molar-refractivity contribution in [2.45, 2.75) is 57.9 Å². The van der Waals surface area contributed by atoms with Crippen LogP contribution < -0.4 is 15.6 Å². The molecule has 9 nitrogen and oxygen atoms in total. The summed E-state index contributed by atoms with van der Waals surface area (Å²) < 4.78 is 7.42. The highest BCUT2D eigenvalue weighted by Crippen LogP contribution is 2.25. The molecule has 4 rings (SSSR count). The Labute approximate surface area is 206 Å². The highest BCUT2D eigenvalue weighted by Gasteiger charge is 2.31. The standard InChI is InChI=1S/C26H37N5O4/c1-19-27-20-9-8-10-22(24(20)26(34)31(19)21-11-12-23(32)28-25(21)33)35-18-7-5-3-4-6-13-30-16-14-29(2)15-17-30/h8-10,21H,3-7,11-18H2,1-2H3,(H,28,32,33). The van der Waals surface area contributed by atoms with Gasteiger partial charge < -0.3 is 14.5 Å². The number of piperidine rings is 1. The molecular formula is C26H37N5O4. The Balaban J connectivity index is 1.30. The molecule has 2 saturated heterocycles. The molecule has 1 aromatic heterocycles. The van der Waals surface area contributed by atoms with Crippen molar-refractivity contribution in [1.29, 1.82) is 0 Å². The van der Waals surface area contributed by atoms with Crippen molar-refractivity contribution in [1.82, 2.24) is 24.7 Å². The van der Waals surface area contributed by atoms with Crippen LogP contribution in [0.5, 0.6) is 5.75 Å². The monoisotopic (exact) mass is 483 g/mol. The van der Waals surface area contributed by atoms with Crippen LogP contribution in [0, 0.1) is 6.92 Å². The summed E-state index contributed by atoms with van der Waals surface area (Å²) in [6, 6.07) is 4.66. The second-order valence-electron chi connectivity index (χ2n) is 9.71. The number of imide groups is 1. The average molecular weight is 484 g/mol. The van der Waals surface area contributed by atoms with Crippen LogP contribution in [-0.2, 0) is 9.59 Å². The molecule has 1 atom stereocenters. The molecule has 1 aromatic carbocycles. The first-order chi connectivity index (χ1) is 16.9. The number of likely N-dealkylation sites (N-methyl/N-ethyl adjacent to an activating group) is 1. The Morgan fingerprint density at radius 1 is 1.03 bits per heavy atom. The minimum atomic E-state index is -0.740. The molecule has 2 aliphatic heterocycles. The fourth-order valence-corrected chi connectivity index (χ4v) is 4.96. The van der Waals surface area contributed by atoms with E-state index in [1.807, 2.05) is 6.07 Å². The third-order valence-electron chi connectivity index (χ3n) is 7.06. The van der Waals surface area contributed by atoms with Crippen molar-refractivity contribution in [3.63, 3.8) is 0 Å². The number of rotatable bonds is 10. The largest absolute Gasteiger partial charge is 0.493 e. The molecule has 35 heavy (non-hydrogen) atoms. The molecule has 0 aliphatic carbocycles. The molecule has 0 spiro atoms. The summed E-state index contributed by atoms with van der Waals surface area (Å²) in [5.74, 6) is 0.175. The summed E-state index contributed by atoms with van der Waals surface area (Å²) in [4.78, 5) is 46.9. The van der Waals surface area contributed by atoms with E-state index in [0.29, 0.717) is 29.1 Å². The van der Waals surface area contributed by atoms with Crippen LogP contribution >= 0.6 is 0 Å². The number of hydrogen-bond acceptors (Lipinski definition) is 7. The molecule has 2 aromatic rings. The van der Waals surface area contributed by atoms with Crippen LogP contribution in [0.4, 0.5) is 0 Å². The lowest BCUT2D eigenvalue weighted by Crippen LogP contribution is -2.45. The van der Waals surface area contributed by atoms with Crippen molar-refractivity contribution in [2.24, 2.45) is 0 Å². The van der Waals surface area contributed by atoms with E-state index in [1.54, 1.807) is 19.1 Å². The van der Waals surface area contributed by atoms with E-state index in [2.05, 4.69) is 27.1 Å². The molecule has 1 unspecified atom stereocenters. The van der Waals surface area contributed by atoms with Crippen molar-refractivity contribution in [2.75, 3.05) is 46.4 Å². The summed E-state index contributed by atoms with van der Waals surface area (Å²) in [6.45, 7) is 8.11. The maximum atomic E-state index is 13.4. The minimum Gasteiger partial charge on any atom is -0.493 e. The third kappa shape index (κ3) is 6.27. The van der Waals surface area contributed by atoms with E-state index >= 15 is 0 Å². The maximum absolute atomic E-state index is 13.4. The van der Waals surface area contributed by atoms with Crippen molar-refractivity contribution in [3.05, 3.63) is 34.4 Å². The molecule has 0 saturated carbocycles. The van der Waals surface area contributed by atoms with Gasteiger partial charge in [0, 0.05) is 32.6 Å². The zero-order valence-electron chi connectivity index (χ0n) is 20.9. The lowest BCUT2D eigenvalue weighted by molar-refractivity contribution is -0.135. The van der Waals surface area contributed by atoms with Gasteiger partial charge in [0.15, 0.2) is 0 Å². The minimum absolute atomic E-state index is 0.202. The highest BCUT2D eigenvalue weighted by atomic mass is 16.5. The number of aromatic nitrogens is 2. The smallest absolute Gasteiger partial charge is 0.265 e. The SMILES string of the molecule is Cc1nc2cccc(OCCCCCCCN3CCN(C)CC3)c2c(=O)n1C1CCC(=O)NC1=O. The lowest BCUT2D eigenvalue weighted by atomic mass is 10.1. The fourth-order valence-electron chi connectivity index (χ4n) is 4.96. The van der Waals surface area contributed by atoms with Crippen LogP contribution in [0.3, 0.4) is 0 Å². The van der Waals surface area contributed by atoms with Gasteiger partial charge in [0.2, 0.25) is 11.8 Å². The molecule has 9 heteroatoms. The van der Waals surface area contributed by atoms with Gasteiger partial charge in [0.1, 0.15) is 23.0 Å². The van der Waals surface area contributed by atoms with Gasteiger partial charge in [0.05, 0.1) is 12.1 Å². The van der Waals surface area contributed by atoms with E-state index in [0.717, 1.165) is 12.8 Å². The van der Waals surface area contributed by atoms with E-state index < -0.39 is 11.9 Å². The average Bonchev–Trinajstić information content (AvgIpc) is 2.83. The number of fused-ring (bicyclic) bond motifs is 1. The Hall–Kier alpha value is -2.78. The molecule has 0 radical (unpaired) electrons. The molecule has 1 N–H and O–H groups in total. The number of piperazine rings is 1. The van der Waals surface area contributed by atoms with Crippen LogP contribution in [0.15, 0.2) is 23.0 Å². The number of ether oxygens (including phenoxy) is 1. The van der Waals surface area contributed by atoms with Crippen LogP contribution in [0.25, 0.3) is 10.9 Å². The van der Waals surface area contributed by atoms with Crippen molar-refractivity contribution >= 4 is 22.7 Å². The van der Waals surface area contributed by atoms with Gasteiger partial charge in [-0.15, -0.1) is 0 Å². The van der Waals surface area contributed by atoms with Gasteiger partial charge in [-0.1, -0.05) is 25.3 Å². The van der Waals surface area contributed by atoms with Crippen LogP contribution in [0.2, 0.25) is 0 Å². The molecule has 0 bridgehead atoms. The number of nitrogens with one attached hydrogen (secondary N) is 1. The number of amides is 2. The molecule has 2 amide bonds. The van der Waals surface area contributed by atoms with Crippen molar-refractivity contribution < 1.29 is 14.3 Å². The number of benzene rings is 1. The Kier molecular flexibility index (Phi) is 8.51. The first-order valence-electron chi connectivity index (χ1n) is 12.8. The quantitative estimate of drug-likeness (QED) is 0.409. The zero-order valence-corrected chi connectivity index (χ0v) is 20.9. The molecule has 2 fully saturated rings. The lowest BCUT2D eigenvalue weighted by Gasteiger charge is -2.32. The second-order valence-corrected chi connectivity index (χ2v) is 9.71. The summed E-state index contributed by atoms with van der Waals surface area (Å²) >= 11 is 0. The zero-order chi connectivity index (χ0) is 24.8. The Morgan fingerprint density at radius 3 is 2.54 bits per heavy atom. The third-order valence-corrected chi connectivity index (χ3v) is 7.06. The van der Waals surface area contributed by atoms with Gasteiger partial charge in [-0.25, -0.2) is 4.98 Å². The summed E-state index contributed by atoms with van der Waals surface area (Å²) in [5, 5.41) is 2.71. The molecule has 190 valence electrons. The topological polar surface area (TPSA) is 96.8 Å². The second kappa shape index (κ2) is 11.8. The number of hydrogen-bond donors (Lipinski definition) is 1. The summed E-state index contributed by atoms with van der Waals surface area (Å²) in [6.07, 6.45) is 6.14. The number of nitrogens with zero attached hydrogens (tertiary/aromatic N) is 4. The molecular weight excluding hydrogens is 446 g/mol. The van der Waals surface area contributed by atoms with Gasteiger partial charge >= 0.3 is 0 Å². The van der Waals surface area contributed by atoms with E-state index in [9.17, 15) is 14.4 Å². The normalized spacial score (nSPS) is 19.8. The van der Waals surface area contributed by atoms with E-state index in [4.69, 9.17) is 4.74 Å². The highest BCUT2D eigenvalue weighted by molar-refractivity contribution is 5.99. The van der Waals surface area contributed by atoms with Crippen molar-refractivity contribution in [3.8, 4) is 5.75 Å². The summed E-state index contributed by atoms with van der Waals surface area (Å²) in [5.41, 5.74) is 0.249. The first kappa shape index (κ1) is 25.3. The van der Waals surface area contributed by atoms with Crippen LogP contribution in [0.1, 0.15) is 56.8 Å². The van der Waals surface area contributed by atoms with Gasteiger partial charge in [-0.3, -0.25) is 24.3 Å². The summed E-state index contributed by atoms with van der Waals surface area (Å²) in [7, 11) is 2.18. The van der Waals surface area contributed by atoms with Gasteiger partial charge in [-0.2, -0.15) is 0 Å². The van der Waals surface area contributed by atoms with Gasteiger partial charge in [0.25, 0.3) is 5.56 Å². The number of carbonyl (C=O) groups is 2. The Bertz CT molecular complexity index is 1110. The Morgan fingerprint density at radius 2 is 1.77 bits per heavy atom. The van der Waals surface area contributed by atoms with E-state index in [-0.39, 0.29) is 24.3 Å². The number of aryl methyl sites for hydroxylation is 1. The molecule has 3 heterocycles. The van der Waals surface area contributed by atoms with E-state index in [1.165, 1.54) is 56.6 Å². The maximum Gasteiger partial charge on any atom is 0.265 e. The number of carbonyl (C=O) groups excluding carboxylic acids is 2.